The number of benzene rings is 3. The van der Waals surface area contributed by atoms with Crippen molar-refractivity contribution in [2.24, 2.45) is 0 Å². The highest BCUT2D eigenvalue weighted by Gasteiger charge is 2.32. The van der Waals surface area contributed by atoms with E-state index in [4.69, 9.17) is 4.74 Å². The Bertz CT molecular complexity index is 1270. The van der Waals surface area contributed by atoms with Gasteiger partial charge in [-0.05, 0) is 48.9 Å². The summed E-state index contributed by atoms with van der Waals surface area (Å²) in [4.78, 5) is 26.9. The summed E-state index contributed by atoms with van der Waals surface area (Å²) in [5.74, 6) is -0.879. The Labute approximate surface area is 194 Å². The molecule has 0 aromatic heterocycles. The summed E-state index contributed by atoms with van der Waals surface area (Å²) >= 11 is 0. The van der Waals surface area contributed by atoms with Gasteiger partial charge in [0, 0.05) is 18.3 Å². The lowest BCUT2D eigenvalue weighted by Crippen LogP contribution is -2.20. The number of halogens is 3. The lowest BCUT2D eigenvalue weighted by molar-refractivity contribution is -0.137. The van der Waals surface area contributed by atoms with Gasteiger partial charge in [0.2, 0.25) is 0 Å². The van der Waals surface area contributed by atoms with Crippen molar-refractivity contribution in [1.82, 2.24) is 0 Å². The number of carbonyl (C=O) groups excluding carboxylic acids is 2. The maximum absolute atomic E-state index is 13.1. The lowest BCUT2D eigenvalue weighted by Gasteiger charge is -2.25. The number of hydrogen-bond donors (Lipinski definition) is 1. The lowest BCUT2D eigenvalue weighted by atomic mass is 9.98. The highest BCUT2D eigenvalue weighted by Crippen LogP contribution is 2.40. The van der Waals surface area contributed by atoms with Crippen LogP contribution in [0.2, 0.25) is 0 Å². The number of nitrogens with zero attached hydrogens (tertiary/aromatic N) is 1. The number of amides is 1. The Balaban J connectivity index is 1.85. The molecule has 1 aliphatic heterocycles. The molecule has 0 atom stereocenters. The van der Waals surface area contributed by atoms with Crippen LogP contribution in [0.3, 0.4) is 0 Å². The topological polar surface area (TPSA) is 58.6 Å². The molecule has 34 heavy (non-hydrogen) atoms. The monoisotopic (exact) mass is 466 g/mol. The van der Waals surface area contributed by atoms with Gasteiger partial charge in [0.1, 0.15) is 0 Å². The number of anilines is 2. The molecule has 1 amide bonds. The highest BCUT2D eigenvalue weighted by atomic mass is 19.4. The Kier molecular flexibility index (Phi) is 6.15. The SMILES string of the molecule is CCOC(=O)c1ccc2c(c1)NC(=O)/C2=C(/c1ccccc1)N(C)c1ccc(C(F)(F)F)cc1. The predicted octanol–water partition coefficient (Wildman–Crippen LogP) is 5.84. The van der Waals surface area contributed by atoms with Crippen LogP contribution in [0.15, 0.2) is 72.8 Å². The third-order valence-corrected chi connectivity index (χ3v) is 5.48. The summed E-state index contributed by atoms with van der Waals surface area (Å²) in [6.07, 6.45) is -4.45. The van der Waals surface area contributed by atoms with E-state index in [1.807, 2.05) is 30.3 Å². The van der Waals surface area contributed by atoms with E-state index < -0.39 is 17.7 Å². The van der Waals surface area contributed by atoms with Gasteiger partial charge in [-0.2, -0.15) is 13.2 Å². The van der Waals surface area contributed by atoms with Crippen LogP contribution in [0, 0.1) is 0 Å². The Morgan fingerprint density at radius 2 is 1.65 bits per heavy atom. The molecule has 0 unspecified atom stereocenters. The average molecular weight is 466 g/mol. The molecule has 1 N–H and O–H groups in total. The van der Waals surface area contributed by atoms with Crippen LogP contribution in [0.5, 0.6) is 0 Å². The second kappa shape index (κ2) is 9.05. The van der Waals surface area contributed by atoms with Crippen molar-refractivity contribution in [3.8, 4) is 0 Å². The normalized spacial score (nSPS) is 14.3. The minimum absolute atomic E-state index is 0.226. The van der Waals surface area contributed by atoms with Gasteiger partial charge in [0.25, 0.3) is 5.91 Å². The molecule has 0 saturated heterocycles. The molecular formula is C26H21F3N2O3. The molecule has 0 spiro atoms. The maximum atomic E-state index is 13.1. The van der Waals surface area contributed by atoms with Gasteiger partial charge >= 0.3 is 12.1 Å². The number of nitrogens with one attached hydrogen (secondary N) is 1. The number of carbonyl (C=O) groups is 2. The van der Waals surface area contributed by atoms with Crippen molar-refractivity contribution in [2.75, 3.05) is 23.9 Å². The number of ether oxygens (including phenoxy) is 1. The van der Waals surface area contributed by atoms with Crippen molar-refractivity contribution in [1.29, 1.82) is 0 Å². The minimum Gasteiger partial charge on any atom is -0.462 e. The molecule has 5 nitrogen and oxygen atoms in total. The molecule has 0 saturated carbocycles. The van der Waals surface area contributed by atoms with E-state index in [0.717, 1.165) is 12.1 Å². The van der Waals surface area contributed by atoms with Crippen LogP contribution in [-0.2, 0) is 15.7 Å². The van der Waals surface area contributed by atoms with Crippen molar-refractivity contribution in [2.45, 2.75) is 13.1 Å². The molecular weight excluding hydrogens is 445 g/mol. The first-order valence-corrected chi connectivity index (χ1v) is 10.5. The third kappa shape index (κ3) is 4.39. The van der Waals surface area contributed by atoms with Gasteiger partial charge in [-0.15, -0.1) is 0 Å². The Hall–Kier alpha value is -4.07. The summed E-state index contributed by atoms with van der Waals surface area (Å²) in [6.45, 7) is 1.93. The van der Waals surface area contributed by atoms with Crippen LogP contribution < -0.4 is 10.2 Å². The summed E-state index contributed by atoms with van der Waals surface area (Å²) in [6, 6.07) is 18.6. The minimum atomic E-state index is -4.45. The fourth-order valence-electron chi connectivity index (χ4n) is 3.85. The molecule has 4 rings (SSSR count). The van der Waals surface area contributed by atoms with Gasteiger partial charge in [-0.3, -0.25) is 4.79 Å². The van der Waals surface area contributed by atoms with Crippen molar-refractivity contribution in [3.05, 3.63) is 95.1 Å². The Morgan fingerprint density at radius 1 is 0.971 bits per heavy atom. The van der Waals surface area contributed by atoms with E-state index in [1.54, 1.807) is 37.1 Å². The molecule has 0 radical (unpaired) electrons. The zero-order valence-corrected chi connectivity index (χ0v) is 18.4. The van der Waals surface area contributed by atoms with Gasteiger partial charge in [-0.1, -0.05) is 36.4 Å². The van der Waals surface area contributed by atoms with Gasteiger partial charge in [0.05, 0.1) is 34.7 Å². The second-order valence-corrected chi connectivity index (χ2v) is 7.63. The van der Waals surface area contributed by atoms with Crippen molar-refractivity contribution < 1.29 is 27.5 Å². The maximum Gasteiger partial charge on any atom is 0.416 e. The van der Waals surface area contributed by atoms with Crippen LogP contribution in [-0.4, -0.2) is 25.5 Å². The molecule has 0 aliphatic carbocycles. The van der Waals surface area contributed by atoms with Gasteiger partial charge < -0.3 is 15.0 Å². The number of rotatable bonds is 5. The first-order chi connectivity index (χ1) is 16.2. The molecule has 3 aromatic rings. The van der Waals surface area contributed by atoms with E-state index in [1.165, 1.54) is 12.1 Å². The average Bonchev–Trinajstić information content (AvgIpc) is 3.14. The molecule has 0 bridgehead atoms. The zero-order chi connectivity index (χ0) is 24.5. The standard InChI is InChI=1S/C26H21F3N2O3/c1-3-34-25(33)17-9-14-20-21(15-17)30-24(32)22(20)23(16-7-5-4-6-8-16)31(2)19-12-10-18(11-13-19)26(27,28)29/h4-15H,3H2,1-2H3,(H,30,32)/b23-22-. The van der Waals surface area contributed by atoms with Crippen molar-refractivity contribution in [3.63, 3.8) is 0 Å². The van der Waals surface area contributed by atoms with E-state index in [9.17, 15) is 22.8 Å². The van der Waals surface area contributed by atoms with E-state index >= 15 is 0 Å². The fraction of sp³-hybridized carbons (Fsp3) is 0.154. The molecule has 1 heterocycles. The van der Waals surface area contributed by atoms with Crippen LogP contribution in [0.4, 0.5) is 24.5 Å². The van der Waals surface area contributed by atoms with E-state index in [0.29, 0.717) is 39.3 Å². The number of hydrogen-bond acceptors (Lipinski definition) is 4. The molecule has 8 heteroatoms. The fourth-order valence-corrected chi connectivity index (χ4v) is 3.85. The smallest absolute Gasteiger partial charge is 0.416 e. The molecule has 1 aliphatic rings. The molecule has 0 fully saturated rings. The van der Waals surface area contributed by atoms with E-state index in [-0.39, 0.29) is 12.5 Å². The summed E-state index contributed by atoms with van der Waals surface area (Å²) in [7, 11) is 1.69. The quantitative estimate of drug-likeness (QED) is 0.379. The highest BCUT2D eigenvalue weighted by molar-refractivity contribution is 6.37. The zero-order valence-electron chi connectivity index (χ0n) is 18.4. The first-order valence-electron chi connectivity index (χ1n) is 10.5. The second-order valence-electron chi connectivity index (χ2n) is 7.63. The van der Waals surface area contributed by atoms with Crippen LogP contribution in [0.1, 0.15) is 34.0 Å². The third-order valence-electron chi connectivity index (χ3n) is 5.48. The summed E-state index contributed by atoms with van der Waals surface area (Å²) in [5, 5.41) is 2.79. The number of esters is 1. The van der Waals surface area contributed by atoms with Crippen LogP contribution >= 0.6 is 0 Å². The number of fused-ring (bicyclic) bond motifs is 1. The predicted molar refractivity (Wildman–Crippen MR) is 124 cm³/mol. The van der Waals surface area contributed by atoms with Gasteiger partial charge in [0.15, 0.2) is 0 Å². The summed E-state index contributed by atoms with van der Waals surface area (Å²) < 4.78 is 44.1. The largest absolute Gasteiger partial charge is 0.462 e. The van der Waals surface area contributed by atoms with Gasteiger partial charge in [-0.25, -0.2) is 4.79 Å². The number of alkyl halides is 3. The van der Waals surface area contributed by atoms with Crippen molar-refractivity contribution >= 4 is 34.5 Å². The molecule has 3 aromatic carbocycles. The molecule has 174 valence electrons. The van der Waals surface area contributed by atoms with Crippen LogP contribution in [0.25, 0.3) is 11.3 Å². The summed E-state index contributed by atoms with van der Waals surface area (Å²) in [5.41, 5.74) is 2.63. The first kappa shape index (κ1) is 23.1. The Morgan fingerprint density at radius 3 is 2.26 bits per heavy atom. The van der Waals surface area contributed by atoms with E-state index in [2.05, 4.69) is 5.32 Å².